The van der Waals surface area contributed by atoms with Gasteiger partial charge in [-0.25, -0.2) is 4.79 Å². The number of phenolic OH excluding ortho intramolecular Hbond substituents is 1. The molecule has 1 aliphatic carbocycles. The zero-order chi connectivity index (χ0) is 15.1. The molecule has 0 spiro atoms. The molecule has 2 unspecified atom stereocenters. The first kappa shape index (κ1) is 14.3. The fourth-order valence-electron chi connectivity index (χ4n) is 2.75. The Kier molecular flexibility index (Phi) is 3.57. The summed E-state index contributed by atoms with van der Waals surface area (Å²) in [5.41, 5.74) is 1.13. The molecule has 1 aliphatic heterocycles. The number of aryl methyl sites for hydroxylation is 1. The van der Waals surface area contributed by atoms with E-state index in [0.29, 0.717) is 22.8 Å². The summed E-state index contributed by atoms with van der Waals surface area (Å²) in [7, 11) is 0. The number of carbonyl (C=O) groups is 2. The number of hydrogen-bond donors (Lipinski definition) is 2. The fourth-order valence-corrected chi connectivity index (χ4v) is 4.38. The average Bonchev–Trinajstić information content (AvgIpc) is 3.16. The van der Waals surface area contributed by atoms with Gasteiger partial charge < -0.3 is 15.1 Å². The van der Waals surface area contributed by atoms with Gasteiger partial charge in [-0.2, -0.15) is 0 Å². The monoisotopic (exact) mass is 307 g/mol. The van der Waals surface area contributed by atoms with Gasteiger partial charge in [-0.3, -0.25) is 4.79 Å². The van der Waals surface area contributed by atoms with E-state index in [1.807, 2.05) is 0 Å². The molecule has 2 atom stereocenters. The Morgan fingerprint density at radius 1 is 1.33 bits per heavy atom. The highest BCUT2D eigenvalue weighted by Gasteiger charge is 2.48. The van der Waals surface area contributed by atoms with Gasteiger partial charge in [0.15, 0.2) is 0 Å². The van der Waals surface area contributed by atoms with Crippen molar-refractivity contribution in [1.29, 1.82) is 0 Å². The molecule has 1 heterocycles. The van der Waals surface area contributed by atoms with Crippen LogP contribution in [-0.2, 0) is 4.79 Å². The van der Waals surface area contributed by atoms with E-state index < -0.39 is 12.0 Å². The van der Waals surface area contributed by atoms with E-state index in [0.717, 1.165) is 12.8 Å². The Morgan fingerprint density at radius 3 is 2.62 bits per heavy atom. The van der Waals surface area contributed by atoms with E-state index in [1.165, 1.54) is 17.0 Å². The number of carboxylic acid groups (broad SMARTS) is 1. The topological polar surface area (TPSA) is 77.8 Å². The molecule has 3 rings (SSSR count). The van der Waals surface area contributed by atoms with Crippen molar-refractivity contribution in [1.82, 2.24) is 4.90 Å². The zero-order valence-corrected chi connectivity index (χ0v) is 12.5. The number of rotatable bonds is 3. The summed E-state index contributed by atoms with van der Waals surface area (Å²) in [5, 5.41) is 18.8. The zero-order valence-electron chi connectivity index (χ0n) is 11.7. The maximum absolute atomic E-state index is 12.8. The highest BCUT2D eigenvalue weighted by atomic mass is 32.2. The Morgan fingerprint density at radius 2 is 2.05 bits per heavy atom. The first-order chi connectivity index (χ1) is 9.99. The fraction of sp³-hybridized carbons (Fsp3) is 0.467. The van der Waals surface area contributed by atoms with Crippen molar-refractivity contribution in [3.05, 3.63) is 29.3 Å². The van der Waals surface area contributed by atoms with Gasteiger partial charge in [-0.05, 0) is 49.4 Å². The van der Waals surface area contributed by atoms with E-state index in [1.54, 1.807) is 24.8 Å². The average molecular weight is 307 g/mol. The number of benzene rings is 1. The molecule has 0 bridgehead atoms. The van der Waals surface area contributed by atoms with Gasteiger partial charge in [-0.15, -0.1) is 11.8 Å². The summed E-state index contributed by atoms with van der Waals surface area (Å²) in [6.45, 7) is 1.75. The van der Waals surface area contributed by atoms with Gasteiger partial charge in [0.2, 0.25) is 0 Å². The Bertz CT molecular complexity index is 599. The van der Waals surface area contributed by atoms with E-state index in [9.17, 15) is 19.8 Å². The van der Waals surface area contributed by atoms with Crippen LogP contribution in [0.5, 0.6) is 5.75 Å². The van der Waals surface area contributed by atoms with Crippen LogP contribution in [0.1, 0.15) is 28.8 Å². The Labute approximate surface area is 126 Å². The molecule has 2 fully saturated rings. The number of carbonyl (C=O) groups excluding carboxylic acids is 1. The van der Waals surface area contributed by atoms with Gasteiger partial charge in [-0.1, -0.05) is 0 Å². The summed E-state index contributed by atoms with van der Waals surface area (Å²) in [5.74, 6) is -0.231. The highest BCUT2D eigenvalue weighted by Crippen LogP contribution is 2.46. The predicted octanol–water partition coefficient (Wildman–Crippen LogP) is 2.08. The number of aliphatic carboxylic acids is 1. The van der Waals surface area contributed by atoms with Crippen molar-refractivity contribution >= 4 is 23.6 Å². The number of phenols is 1. The smallest absolute Gasteiger partial charge is 0.327 e. The highest BCUT2D eigenvalue weighted by molar-refractivity contribution is 8.00. The molecule has 1 aromatic rings. The normalized spacial score (nSPS) is 25.1. The Hall–Kier alpha value is -1.69. The lowest BCUT2D eigenvalue weighted by molar-refractivity contribution is -0.141. The van der Waals surface area contributed by atoms with Crippen molar-refractivity contribution in [3.63, 3.8) is 0 Å². The van der Waals surface area contributed by atoms with Crippen LogP contribution in [0, 0.1) is 12.8 Å². The van der Waals surface area contributed by atoms with Crippen LogP contribution in [0.3, 0.4) is 0 Å². The van der Waals surface area contributed by atoms with Gasteiger partial charge in [0.25, 0.3) is 5.91 Å². The number of nitrogens with zero attached hydrogens (tertiary/aromatic N) is 1. The van der Waals surface area contributed by atoms with Gasteiger partial charge in [0.1, 0.15) is 11.8 Å². The summed E-state index contributed by atoms with van der Waals surface area (Å²) >= 11 is 1.56. The molecule has 21 heavy (non-hydrogen) atoms. The molecule has 0 aromatic heterocycles. The first-order valence-corrected chi connectivity index (χ1v) is 8.00. The van der Waals surface area contributed by atoms with Crippen molar-refractivity contribution in [3.8, 4) is 5.75 Å². The van der Waals surface area contributed by atoms with Crippen molar-refractivity contribution in [2.75, 3.05) is 5.75 Å². The second-order valence-corrected chi connectivity index (χ2v) is 6.78. The molecular weight excluding hydrogens is 290 g/mol. The number of hydrogen-bond acceptors (Lipinski definition) is 4. The molecule has 0 radical (unpaired) electrons. The molecule has 112 valence electrons. The number of aromatic hydroxyl groups is 1. The minimum Gasteiger partial charge on any atom is -0.508 e. The summed E-state index contributed by atoms with van der Waals surface area (Å²) < 4.78 is 0. The minimum atomic E-state index is -0.949. The second kappa shape index (κ2) is 5.26. The van der Waals surface area contributed by atoms with Crippen molar-refractivity contribution in [2.45, 2.75) is 31.2 Å². The largest absolute Gasteiger partial charge is 0.508 e. The number of thioether (sulfide) groups is 1. The lowest BCUT2D eigenvalue weighted by atomic mass is 10.1. The number of carboxylic acids is 1. The molecule has 1 amide bonds. The molecule has 5 nitrogen and oxygen atoms in total. The van der Waals surface area contributed by atoms with Crippen LogP contribution in [0.15, 0.2) is 18.2 Å². The third-order valence-corrected chi connectivity index (χ3v) is 5.48. The van der Waals surface area contributed by atoms with Gasteiger partial charge in [0.05, 0.1) is 5.37 Å². The second-order valence-electron chi connectivity index (χ2n) is 5.63. The minimum absolute atomic E-state index is 0.0354. The van der Waals surface area contributed by atoms with Crippen LogP contribution < -0.4 is 0 Å². The lowest BCUT2D eigenvalue weighted by Crippen LogP contribution is -2.46. The summed E-state index contributed by atoms with van der Waals surface area (Å²) in [6, 6.07) is 3.80. The van der Waals surface area contributed by atoms with Crippen LogP contribution in [0.25, 0.3) is 0 Å². The maximum atomic E-state index is 12.8. The summed E-state index contributed by atoms with van der Waals surface area (Å²) in [4.78, 5) is 25.8. The number of amides is 1. The lowest BCUT2D eigenvalue weighted by Gasteiger charge is -2.28. The van der Waals surface area contributed by atoms with Crippen molar-refractivity contribution < 1.29 is 19.8 Å². The van der Waals surface area contributed by atoms with Crippen LogP contribution in [-0.4, -0.2) is 44.2 Å². The van der Waals surface area contributed by atoms with E-state index in [2.05, 4.69) is 0 Å². The quantitative estimate of drug-likeness (QED) is 0.894. The molecule has 2 aliphatic rings. The van der Waals surface area contributed by atoms with E-state index in [4.69, 9.17) is 0 Å². The standard InChI is InChI=1S/C15H17NO4S/c1-8-6-10(17)4-5-11(8)13(18)16-12(15(19)20)7-21-14(16)9-2-3-9/h4-6,9,12,14,17H,2-3,7H2,1H3,(H,19,20). The molecule has 1 saturated carbocycles. The Balaban J connectivity index is 1.93. The maximum Gasteiger partial charge on any atom is 0.327 e. The van der Waals surface area contributed by atoms with E-state index >= 15 is 0 Å². The summed E-state index contributed by atoms with van der Waals surface area (Å²) in [6.07, 6.45) is 2.12. The third-order valence-electron chi connectivity index (χ3n) is 4.02. The van der Waals surface area contributed by atoms with Crippen LogP contribution >= 0.6 is 11.8 Å². The van der Waals surface area contributed by atoms with Crippen LogP contribution in [0.2, 0.25) is 0 Å². The SMILES string of the molecule is Cc1cc(O)ccc1C(=O)N1C(C(=O)O)CSC1C1CC1. The molecule has 1 saturated heterocycles. The van der Waals surface area contributed by atoms with Crippen molar-refractivity contribution in [2.24, 2.45) is 5.92 Å². The van der Waals surface area contributed by atoms with Crippen LogP contribution in [0.4, 0.5) is 0 Å². The predicted molar refractivity (Wildman–Crippen MR) is 79.4 cm³/mol. The molecule has 2 N–H and O–H groups in total. The third kappa shape index (κ3) is 2.60. The first-order valence-electron chi connectivity index (χ1n) is 6.95. The van der Waals surface area contributed by atoms with Gasteiger partial charge >= 0.3 is 5.97 Å². The molecular formula is C15H17NO4S. The van der Waals surface area contributed by atoms with Gasteiger partial charge in [0, 0.05) is 11.3 Å². The molecule has 6 heteroatoms. The van der Waals surface area contributed by atoms with E-state index in [-0.39, 0.29) is 17.0 Å². The molecule has 1 aromatic carbocycles.